The quantitative estimate of drug-likeness (QED) is 0.932. The number of nitrogens with zero attached hydrogens (tertiary/aromatic N) is 2. The molecular formula is C15H19N3O2S. The molecule has 1 aromatic heterocycles. The van der Waals surface area contributed by atoms with Gasteiger partial charge in [0.25, 0.3) is 0 Å². The second kappa shape index (κ2) is 5.71. The van der Waals surface area contributed by atoms with Crippen LogP contribution < -0.4 is 5.32 Å². The summed E-state index contributed by atoms with van der Waals surface area (Å²) in [6, 6.07) is 9.03. The Bertz CT molecular complexity index is 734. The molecule has 2 aromatic rings. The minimum Gasteiger partial charge on any atom is -0.313 e. The molecule has 0 saturated carbocycles. The number of hydrogen-bond acceptors (Lipinski definition) is 4. The van der Waals surface area contributed by atoms with E-state index in [2.05, 4.69) is 10.3 Å². The van der Waals surface area contributed by atoms with Gasteiger partial charge in [-0.2, -0.15) is 4.31 Å². The van der Waals surface area contributed by atoms with Crippen LogP contribution in [0.1, 0.15) is 12.8 Å². The Balaban J connectivity index is 1.95. The normalized spacial score (nSPS) is 19.4. The first-order valence-electron chi connectivity index (χ1n) is 7.12. The molecule has 1 aliphatic rings. The Morgan fingerprint density at radius 3 is 2.95 bits per heavy atom. The molecule has 5 nitrogen and oxygen atoms in total. The highest BCUT2D eigenvalue weighted by molar-refractivity contribution is 7.89. The fourth-order valence-electron chi connectivity index (χ4n) is 2.79. The van der Waals surface area contributed by atoms with Crippen molar-refractivity contribution in [1.29, 1.82) is 0 Å². The molecule has 1 saturated heterocycles. The molecule has 1 atom stereocenters. The predicted molar refractivity (Wildman–Crippen MR) is 82.6 cm³/mol. The van der Waals surface area contributed by atoms with E-state index in [1.54, 1.807) is 37.5 Å². The van der Waals surface area contributed by atoms with E-state index in [1.165, 1.54) is 4.31 Å². The standard InChI is InChI=1S/C15H19N3O2S/c1-18(11-12-5-3-9-16-12)21(19,20)15-8-2-7-14-13(15)6-4-10-17-14/h2,4,6-8,10,12,16H,3,5,9,11H2,1H3. The highest BCUT2D eigenvalue weighted by atomic mass is 32.2. The van der Waals surface area contributed by atoms with E-state index in [0.717, 1.165) is 19.4 Å². The van der Waals surface area contributed by atoms with Gasteiger partial charge in [-0.3, -0.25) is 4.98 Å². The van der Waals surface area contributed by atoms with Crippen molar-refractivity contribution in [2.24, 2.45) is 0 Å². The van der Waals surface area contributed by atoms with Crippen LogP contribution in [0.2, 0.25) is 0 Å². The number of hydrogen-bond donors (Lipinski definition) is 1. The number of sulfonamides is 1. The van der Waals surface area contributed by atoms with Crippen LogP contribution in [0, 0.1) is 0 Å². The van der Waals surface area contributed by atoms with Gasteiger partial charge in [0.2, 0.25) is 10.0 Å². The lowest BCUT2D eigenvalue weighted by Gasteiger charge is -2.21. The maximum absolute atomic E-state index is 12.8. The Kier molecular flexibility index (Phi) is 3.93. The molecule has 1 aromatic carbocycles. The van der Waals surface area contributed by atoms with Crippen LogP contribution in [-0.2, 0) is 10.0 Å². The van der Waals surface area contributed by atoms with Crippen LogP contribution in [0.5, 0.6) is 0 Å². The molecule has 0 bridgehead atoms. The molecule has 6 heteroatoms. The summed E-state index contributed by atoms with van der Waals surface area (Å²) in [7, 11) is -1.86. The minimum absolute atomic E-state index is 0.248. The molecule has 112 valence electrons. The third-order valence-electron chi connectivity index (χ3n) is 3.93. The fraction of sp³-hybridized carbons (Fsp3) is 0.400. The maximum Gasteiger partial charge on any atom is 0.243 e. The zero-order valence-electron chi connectivity index (χ0n) is 12.0. The molecular weight excluding hydrogens is 286 g/mol. The molecule has 0 aliphatic carbocycles. The zero-order chi connectivity index (χ0) is 14.9. The molecule has 21 heavy (non-hydrogen) atoms. The van der Waals surface area contributed by atoms with Crippen LogP contribution in [0.3, 0.4) is 0 Å². The van der Waals surface area contributed by atoms with Gasteiger partial charge in [-0.05, 0) is 43.7 Å². The largest absolute Gasteiger partial charge is 0.313 e. The average molecular weight is 305 g/mol. The fourth-order valence-corrected chi connectivity index (χ4v) is 4.20. The molecule has 3 rings (SSSR count). The van der Waals surface area contributed by atoms with E-state index in [-0.39, 0.29) is 6.04 Å². The van der Waals surface area contributed by atoms with E-state index in [0.29, 0.717) is 22.3 Å². The van der Waals surface area contributed by atoms with Crippen LogP contribution in [0.15, 0.2) is 41.4 Å². The summed E-state index contributed by atoms with van der Waals surface area (Å²) in [5, 5.41) is 4.00. The number of rotatable bonds is 4. The predicted octanol–water partition coefficient (Wildman–Crippen LogP) is 1.61. The summed E-state index contributed by atoms with van der Waals surface area (Å²) in [5.41, 5.74) is 0.700. The summed E-state index contributed by atoms with van der Waals surface area (Å²) in [4.78, 5) is 4.55. The summed E-state index contributed by atoms with van der Waals surface area (Å²) in [5.74, 6) is 0. The maximum atomic E-state index is 12.8. The van der Waals surface area contributed by atoms with Crippen molar-refractivity contribution in [3.63, 3.8) is 0 Å². The first-order valence-corrected chi connectivity index (χ1v) is 8.56. The van der Waals surface area contributed by atoms with E-state index in [1.807, 2.05) is 6.07 Å². The number of pyridine rings is 1. The second-order valence-corrected chi connectivity index (χ2v) is 7.42. The first-order chi connectivity index (χ1) is 10.1. The number of aromatic nitrogens is 1. The van der Waals surface area contributed by atoms with Gasteiger partial charge in [0, 0.05) is 31.2 Å². The van der Waals surface area contributed by atoms with Gasteiger partial charge in [0.15, 0.2) is 0 Å². The summed E-state index contributed by atoms with van der Waals surface area (Å²) in [6.45, 7) is 1.47. The van der Waals surface area contributed by atoms with Crippen LogP contribution in [0.25, 0.3) is 10.9 Å². The summed E-state index contributed by atoms with van der Waals surface area (Å²) < 4.78 is 27.1. The monoisotopic (exact) mass is 305 g/mol. The smallest absolute Gasteiger partial charge is 0.243 e. The van der Waals surface area contributed by atoms with E-state index < -0.39 is 10.0 Å². The molecule has 0 amide bonds. The highest BCUT2D eigenvalue weighted by Crippen LogP contribution is 2.24. The van der Waals surface area contributed by atoms with Gasteiger partial charge in [-0.25, -0.2) is 8.42 Å². The zero-order valence-corrected chi connectivity index (χ0v) is 12.8. The number of benzene rings is 1. The number of likely N-dealkylation sites (N-methyl/N-ethyl adjacent to an activating group) is 1. The lowest BCUT2D eigenvalue weighted by molar-refractivity contribution is 0.418. The first kappa shape index (κ1) is 14.4. The number of nitrogens with one attached hydrogen (secondary N) is 1. The highest BCUT2D eigenvalue weighted by Gasteiger charge is 2.26. The Hall–Kier alpha value is -1.50. The van der Waals surface area contributed by atoms with Crippen LogP contribution in [0.4, 0.5) is 0 Å². The van der Waals surface area contributed by atoms with E-state index >= 15 is 0 Å². The second-order valence-electron chi connectivity index (χ2n) is 5.41. The third-order valence-corrected chi connectivity index (χ3v) is 5.82. The van der Waals surface area contributed by atoms with Crippen molar-refractivity contribution in [1.82, 2.24) is 14.6 Å². The van der Waals surface area contributed by atoms with Gasteiger partial charge in [0.1, 0.15) is 0 Å². The topological polar surface area (TPSA) is 62.3 Å². The molecule has 1 unspecified atom stereocenters. The Morgan fingerprint density at radius 2 is 2.19 bits per heavy atom. The van der Waals surface area contributed by atoms with Crippen molar-refractivity contribution in [3.05, 3.63) is 36.5 Å². The van der Waals surface area contributed by atoms with Crippen molar-refractivity contribution in [2.75, 3.05) is 20.1 Å². The third kappa shape index (κ3) is 2.79. The Morgan fingerprint density at radius 1 is 1.33 bits per heavy atom. The molecule has 2 heterocycles. The van der Waals surface area contributed by atoms with Crippen molar-refractivity contribution < 1.29 is 8.42 Å². The summed E-state index contributed by atoms with van der Waals surface area (Å²) >= 11 is 0. The Labute approximate surface area is 125 Å². The summed E-state index contributed by atoms with van der Waals surface area (Å²) in [6.07, 6.45) is 3.80. The number of fused-ring (bicyclic) bond motifs is 1. The average Bonchev–Trinajstić information content (AvgIpc) is 2.99. The minimum atomic E-state index is -3.50. The van der Waals surface area contributed by atoms with E-state index in [9.17, 15) is 8.42 Å². The molecule has 0 radical (unpaired) electrons. The molecule has 1 N–H and O–H groups in total. The van der Waals surface area contributed by atoms with E-state index in [4.69, 9.17) is 0 Å². The molecule has 1 aliphatic heterocycles. The van der Waals surface area contributed by atoms with Gasteiger partial charge in [-0.15, -0.1) is 0 Å². The molecule has 1 fully saturated rings. The lowest BCUT2D eigenvalue weighted by Crippen LogP contribution is -2.38. The van der Waals surface area contributed by atoms with Gasteiger partial charge in [0.05, 0.1) is 10.4 Å². The molecule has 0 spiro atoms. The van der Waals surface area contributed by atoms with Crippen LogP contribution in [-0.4, -0.2) is 43.9 Å². The van der Waals surface area contributed by atoms with Crippen molar-refractivity contribution in [3.8, 4) is 0 Å². The van der Waals surface area contributed by atoms with Crippen molar-refractivity contribution >= 4 is 20.9 Å². The SMILES string of the molecule is CN(CC1CCCN1)S(=O)(=O)c1cccc2ncccc12. The van der Waals surface area contributed by atoms with Crippen molar-refractivity contribution in [2.45, 2.75) is 23.8 Å². The van der Waals surface area contributed by atoms with Gasteiger partial charge in [-0.1, -0.05) is 6.07 Å². The van der Waals surface area contributed by atoms with Gasteiger partial charge >= 0.3 is 0 Å². The van der Waals surface area contributed by atoms with Crippen LogP contribution >= 0.6 is 0 Å². The van der Waals surface area contributed by atoms with Gasteiger partial charge < -0.3 is 5.32 Å². The lowest BCUT2D eigenvalue weighted by atomic mass is 10.2.